The van der Waals surface area contributed by atoms with Gasteiger partial charge in [0.15, 0.2) is 11.6 Å². The molecule has 0 unspecified atom stereocenters. The molecule has 0 aliphatic rings. The van der Waals surface area contributed by atoms with E-state index >= 15 is 0 Å². The van der Waals surface area contributed by atoms with Crippen LogP contribution in [0.4, 0.5) is 8.78 Å². The summed E-state index contributed by atoms with van der Waals surface area (Å²) in [5, 5.41) is -0.139. The maximum Gasteiger partial charge on any atom is 0.223 e. The Kier molecular flexibility index (Phi) is 3.56. The predicted octanol–water partition coefficient (Wildman–Crippen LogP) is 4.31. The number of halogens is 3. The van der Waals surface area contributed by atoms with Gasteiger partial charge in [0.05, 0.1) is 11.7 Å². The number of fused-ring (bicyclic) bond motifs is 1. The van der Waals surface area contributed by atoms with Gasteiger partial charge >= 0.3 is 0 Å². The molecule has 2 heterocycles. The fourth-order valence-corrected chi connectivity index (χ4v) is 2.75. The van der Waals surface area contributed by atoms with Gasteiger partial charge in [0.2, 0.25) is 5.28 Å². The van der Waals surface area contributed by atoms with Crippen LogP contribution in [-0.2, 0) is 0 Å². The van der Waals surface area contributed by atoms with Gasteiger partial charge in [-0.25, -0.2) is 23.7 Å². The molecular formula is C15H13ClF2N4. The van der Waals surface area contributed by atoms with Gasteiger partial charge in [0.25, 0.3) is 0 Å². The van der Waals surface area contributed by atoms with Crippen molar-refractivity contribution >= 4 is 22.6 Å². The van der Waals surface area contributed by atoms with Crippen LogP contribution in [0.2, 0.25) is 5.28 Å². The van der Waals surface area contributed by atoms with Crippen LogP contribution in [-0.4, -0.2) is 19.5 Å². The van der Waals surface area contributed by atoms with Gasteiger partial charge in [-0.3, -0.25) is 0 Å². The molecule has 3 aromatic rings. The summed E-state index contributed by atoms with van der Waals surface area (Å²) in [5.41, 5.74) is 0.700. The van der Waals surface area contributed by atoms with Crippen molar-refractivity contribution in [2.75, 3.05) is 0 Å². The van der Waals surface area contributed by atoms with E-state index < -0.39 is 11.6 Å². The van der Waals surface area contributed by atoms with Gasteiger partial charge in [-0.2, -0.15) is 0 Å². The van der Waals surface area contributed by atoms with Crippen LogP contribution in [0.3, 0.4) is 0 Å². The maximum atomic E-state index is 14.8. The molecule has 0 fully saturated rings. The van der Waals surface area contributed by atoms with Crippen molar-refractivity contribution < 1.29 is 8.78 Å². The lowest BCUT2D eigenvalue weighted by Crippen LogP contribution is -2.02. The zero-order valence-corrected chi connectivity index (χ0v) is 13.0. The van der Waals surface area contributed by atoms with E-state index in [1.54, 1.807) is 13.0 Å². The molecule has 1 aromatic carbocycles. The first kappa shape index (κ1) is 14.8. The Bertz CT molecular complexity index is 874. The van der Waals surface area contributed by atoms with E-state index in [1.165, 1.54) is 6.07 Å². The van der Waals surface area contributed by atoms with E-state index in [1.807, 2.05) is 18.4 Å². The van der Waals surface area contributed by atoms with Crippen molar-refractivity contribution in [1.29, 1.82) is 0 Å². The van der Waals surface area contributed by atoms with Crippen molar-refractivity contribution in [3.8, 4) is 11.3 Å². The van der Waals surface area contributed by atoms with Gasteiger partial charge in [0.1, 0.15) is 17.0 Å². The Hall–Kier alpha value is -2.08. The SMILES string of the molecule is Cc1nc2c(F)c(-c3nc(Cl)ncc3F)ccc2n1C(C)C. The van der Waals surface area contributed by atoms with Crippen LogP contribution in [0, 0.1) is 18.6 Å². The third kappa shape index (κ3) is 2.23. The average Bonchev–Trinajstić information content (AvgIpc) is 2.79. The van der Waals surface area contributed by atoms with Gasteiger partial charge in [-0.1, -0.05) is 0 Å². The number of rotatable bonds is 2. The van der Waals surface area contributed by atoms with Gasteiger partial charge in [-0.05, 0) is 44.5 Å². The summed E-state index contributed by atoms with van der Waals surface area (Å²) in [6.45, 7) is 5.79. The highest BCUT2D eigenvalue weighted by Gasteiger charge is 2.20. The molecular weight excluding hydrogens is 310 g/mol. The average molecular weight is 323 g/mol. The largest absolute Gasteiger partial charge is 0.326 e. The van der Waals surface area contributed by atoms with Crippen molar-refractivity contribution in [2.24, 2.45) is 0 Å². The Morgan fingerprint density at radius 1 is 1.18 bits per heavy atom. The highest BCUT2D eigenvalue weighted by molar-refractivity contribution is 6.28. The molecule has 0 aliphatic heterocycles. The van der Waals surface area contributed by atoms with E-state index in [-0.39, 0.29) is 28.1 Å². The number of benzene rings is 1. The Balaban J connectivity index is 2.30. The Morgan fingerprint density at radius 3 is 2.59 bits per heavy atom. The van der Waals surface area contributed by atoms with Gasteiger partial charge < -0.3 is 4.57 Å². The minimum Gasteiger partial charge on any atom is -0.326 e. The van der Waals surface area contributed by atoms with Crippen molar-refractivity contribution in [3.63, 3.8) is 0 Å². The van der Waals surface area contributed by atoms with E-state index in [9.17, 15) is 8.78 Å². The van der Waals surface area contributed by atoms with E-state index in [2.05, 4.69) is 15.0 Å². The molecule has 22 heavy (non-hydrogen) atoms. The molecule has 114 valence electrons. The third-order valence-electron chi connectivity index (χ3n) is 3.46. The first-order valence-corrected chi connectivity index (χ1v) is 7.13. The number of hydrogen-bond acceptors (Lipinski definition) is 3. The second-order valence-electron chi connectivity index (χ2n) is 5.25. The summed E-state index contributed by atoms with van der Waals surface area (Å²) >= 11 is 5.68. The topological polar surface area (TPSA) is 43.6 Å². The number of hydrogen-bond donors (Lipinski definition) is 0. The summed E-state index contributed by atoms with van der Waals surface area (Å²) in [5.74, 6) is -0.654. The lowest BCUT2D eigenvalue weighted by atomic mass is 10.1. The summed E-state index contributed by atoms with van der Waals surface area (Å²) in [4.78, 5) is 11.6. The molecule has 0 saturated heterocycles. The zero-order valence-electron chi connectivity index (χ0n) is 12.2. The molecule has 0 saturated carbocycles. The van der Waals surface area contributed by atoms with Crippen LogP contribution < -0.4 is 0 Å². The molecule has 3 rings (SSSR count). The minimum atomic E-state index is -0.734. The summed E-state index contributed by atoms with van der Waals surface area (Å²) in [6.07, 6.45) is 0.923. The fourth-order valence-electron chi connectivity index (χ4n) is 2.61. The molecule has 2 aromatic heterocycles. The van der Waals surface area contributed by atoms with Crippen molar-refractivity contribution in [2.45, 2.75) is 26.8 Å². The van der Waals surface area contributed by atoms with E-state index in [4.69, 9.17) is 11.6 Å². The smallest absolute Gasteiger partial charge is 0.223 e. The molecule has 0 spiro atoms. The normalized spacial score (nSPS) is 11.6. The summed E-state index contributed by atoms with van der Waals surface area (Å²) in [6, 6.07) is 3.34. The maximum absolute atomic E-state index is 14.8. The zero-order chi connectivity index (χ0) is 16.0. The highest BCUT2D eigenvalue weighted by atomic mass is 35.5. The molecule has 7 heteroatoms. The quantitative estimate of drug-likeness (QED) is 0.660. The van der Waals surface area contributed by atoms with E-state index in [0.717, 1.165) is 6.20 Å². The van der Waals surface area contributed by atoms with Crippen LogP contribution in [0.15, 0.2) is 18.3 Å². The van der Waals surface area contributed by atoms with E-state index in [0.29, 0.717) is 11.3 Å². The number of nitrogens with zero attached hydrogens (tertiary/aromatic N) is 4. The summed E-state index contributed by atoms with van der Waals surface area (Å²) in [7, 11) is 0. The molecule has 0 atom stereocenters. The lowest BCUT2D eigenvalue weighted by molar-refractivity contribution is 0.599. The monoisotopic (exact) mass is 322 g/mol. The summed E-state index contributed by atoms with van der Waals surface area (Å²) < 4.78 is 30.6. The molecule has 4 nitrogen and oxygen atoms in total. The Labute approximate surface area is 130 Å². The number of imidazole rings is 1. The highest BCUT2D eigenvalue weighted by Crippen LogP contribution is 2.31. The first-order chi connectivity index (χ1) is 10.4. The third-order valence-corrected chi connectivity index (χ3v) is 3.64. The van der Waals surface area contributed by atoms with Crippen molar-refractivity contribution in [3.05, 3.63) is 41.1 Å². The molecule has 0 aliphatic carbocycles. The second kappa shape index (κ2) is 5.28. The Morgan fingerprint density at radius 2 is 1.91 bits per heavy atom. The van der Waals surface area contributed by atoms with Crippen LogP contribution >= 0.6 is 11.6 Å². The van der Waals surface area contributed by atoms with Gasteiger partial charge in [0, 0.05) is 11.6 Å². The molecule has 0 bridgehead atoms. The van der Waals surface area contributed by atoms with Gasteiger partial charge in [-0.15, -0.1) is 0 Å². The standard InChI is InChI=1S/C15H13ClF2N4/c1-7(2)22-8(3)20-14-11(22)5-4-9(12(14)18)13-10(17)6-19-15(16)21-13/h4-7H,1-3H3. The number of aryl methyl sites for hydroxylation is 1. The van der Waals surface area contributed by atoms with Crippen LogP contribution in [0.5, 0.6) is 0 Å². The van der Waals surface area contributed by atoms with Crippen LogP contribution in [0.1, 0.15) is 25.7 Å². The predicted molar refractivity (Wildman–Crippen MR) is 80.8 cm³/mol. The molecule has 0 amide bonds. The first-order valence-electron chi connectivity index (χ1n) is 6.75. The molecule has 0 radical (unpaired) electrons. The number of aromatic nitrogens is 4. The van der Waals surface area contributed by atoms with Crippen LogP contribution in [0.25, 0.3) is 22.3 Å². The van der Waals surface area contributed by atoms with Crippen molar-refractivity contribution in [1.82, 2.24) is 19.5 Å². The molecule has 0 N–H and O–H groups in total. The fraction of sp³-hybridized carbons (Fsp3) is 0.267. The second-order valence-corrected chi connectivity index (χ2v) is 5.59. The minimum absolute atomic E-state index is 0.0164. The lowest BCUT2D eigenvalue weighted by Gasteiger charge is -2.11.